The normalized spacial score (nSPS) is 10.1. The van der Waals surface area contributed by atoms with Crippen LogP contribution in [-0.2, 0) is 4.79 Å². The lowest BCUT2D eigenvalue weighted by molar-refractivity contribution is -0.384. The Bertz CT molecular complexity index is 632. The van der Waals surface area contributed by atoms with Gasteiger partial charge in [0.25, 0.3) is 0 Å². The molecule has 0 aliphatic carbocycles. The summed E-state index contributed by atoms with van der Waals surface area (Å²) in [5.74, 6) is 0. The number of rotatable bonds is 4. The first-order valence-corrected chi connectivity index (χ1v) is 5.60. The van der Waals surface area contributed by atoms with Gasteiger partial charge in [0.05, 0.1) is 10.4 Å². The number of pyridine rings is 1. The number of nitrogens with zero attached hydrogens (tertiary/aromatic N) is 2. The predicted molar refractivity (Wildman–Crippen MR) is 68.9 cm³/mol. The molecule has 0 radical (unpaired) electrons. The second kappa shape index (κ2) is 4.96. The molecule has 1 amide bonds. The standard InChI is InChI=1S/C10H7BrN4O3/c11-6-1-2-7-8(3-6)12-4-9(15(17)18)10(7)14-13-5-16/h1-5H,(H,12,14)(H,13,16). The molecule has 1 aromatic carbocycles. The maximum Gasteiger partial charge on any atom is 0.312 e. The van der Waals surface area contributed by atoms with Crippen molar-refractivity contribution in [3.63, 3.8) is 0 Å². The third kappa shape index (κ3) is 2.23. The van der Waals surface area contributed by atoms with E-state index in [1.54, 1.807) is 18.2 Å². The number of nitro groups is 1. The van der Waals surface area contributed by atoms with Gasteiger partial charge in [-0.25, -0.2) is 4.98 Å². The first-order valence-electron chi connectivity index (χ1n) is 4.81. The Morgan fingerprint density at radius 3 is 2.89 bits per heavy atom. The zero-order valence-corrected chi connectivity index (χ0v) is 10.5. The summed E-state index contributed by atoms with van der Waals surface area (Å²) in [5, 5.41) is 11.4. The number of anilines is 1. The number of amides is 1. The van der Waals surface area contributed by atoms with Crippen LogP contribution in [0.15, 0.2) is 28.9 Å². The van der Waals surface area contributed by atoms with Crippen molar-refractivity contribution in [3.8, 4) is 0 Å². The Morgan fingerprint density at radius 2 is 2.22 bits per heavy atom. The SMILES string of the molecule is O=CNNc1c([N+](=O)[O-])cnc2cc(Br)ccc12. The van der Waals surface area contributed by atoms with Crippen molar-refractivity contribution in [1.29, 1.82) is 0 Å². The lowest BCUT2D eigenvalue weighted by Crippen LogP contribution is -2.20. The zero-order chi connectivity index (χ0) is 13.1. The van der Waals surface area contributed by atoms with Gasteiger partial charge in [-0.15, -0.1) is 0 Å². The van der Waals surface area contributed by atoms with Crippen LogP contribution in [0.25, 0.3) is 10.9 Å². The summed E-state index contributed by atoms with van der Waals surface area (Å²) in [6.45, 7) is 0. The number of benzene rings is 1. The zero-order valence-electron chi connectivity index (χ0n) is 8.88. The van der Waals surface area contributed by atoms with Crippen molar-refractivity contribution in [3.05, 3.63) is 39.0 Å². The van der Waals surface area contributed by atoms with Gasteiger partial charge in [-0.2, -0.15) is 0 Å². The second-order valence-electron chi connectivity index (χ2n) is 3.32. The largest absolute Gasteiger partial charge is 0.312 e. The van der Waals surface area contributed by atoms with E-state index in [0.717, 1.165) is 10.7 Å². The number of carbonyl (C=O) groups excluding carboxylic acids is 1. The fourth-order valence-corrected chi connectivity index (χ4v) is 1.88. The highest BCUT2D eigenvalue weighted by molar-refractivity contribution is 9.10. The molecule has 2 rings (SSSR count). The molecule has 0 saturated heterocycles. The Balaban J connectivity index is 2.67. The lowest BCUT2D eigenvalue weighted by Gasteiger charge is -2.08. The number of aromatic nitrogens is 1. The predicted octanol–water partition coefficient (Wildman–Crippen LogP) is 1.98. The maximum atomic E-state index is 10.9. The molecule has 0 atom stereocenters. The molecule has 0 bridgehead atoms. The molecular weight excluding hydrogens is 304 g/mol. The molecule has 0 aliphatic heterocycles. The summed E-state index contributed by atoms with van der Waals surface area (Å²) >= 11 is 3.29. The van der Waals surface area contributed by atoms with Crippen LogP contribution in [0.4, 0.5) is 11.4 Å². The van der Waals surface area contributed by atoms with Gasteiger partial charge in [-0.05, 0) is 18.2 Å². The molecule has 2 aromatic rings. The molecule has 0 fully saturated rings. The third-order valence-corrected chi connectivity index (χ3v) is 2.76. The first kappa shape index (κ1) is 12.2. The number of halogens is 1. The van der Waals surface area contributed by atoms with Gasteiger partial charge in [-0.3, -0.25) is 25.8 Å². The van der Waals surface area contributed by atoms with Crippen molar-refractivity contribution in [2.75, 3.05) is 5.43 Å². The van der Waals surface area contributed by atoms with E-state index in [-0.39, 0.29) is 11.4 Å². The van der Waals surface area contributed by atoms with Crippen LogP contribution in [-0.4, -0.2) is 16.3 Å². The molecule has 1 heterocycles. The Morgan fingerprint density at radius 1 is 1.44 bits per heavy atom. The number of hydrazine groups is 1. The van der Waals surface area contributed by atoms with Crippen LogP contribution >= 0.6 is 15.9 Å². The maximum absolute atomic E-state index is 10.9. The van der Waals surface area contributed by atoms with Crippen molar-refractivity contribution in [1.82, 2.24) is 10.4 Å². The summed E-state index contributed by atoms with van der Waals surface area (Å²) in [5.41, 5.74) is 5.25. The first-order chi connectivity index (χ1) is 8.63. The summed E-state index contributed by atoms with van der Waals surface area (Å²) in [6.07, 6.45) is 1.54. The molecule has 7 nitrogen and oxygen atoms in total. The highest BCUT2D eigenvalue weighted by Gasteiger charge is 2.17. The van der Waals surface area contributed by atoms with Gasteiger partial charge in [0, 0.05) is 9.86 Å². The van der Waals surface area contributed by atoms with E-state index < -0.39 is 4.92 Å². The number of carbonyl (C=O) groups is 1. The number of fused-ring (bicyclic) bond motifs is 1. The monoisotopic (exact) mass is 310 g/mol. The average molecular weight is 311 g/mol. The average Bonchev–Trinajstić information content (AvgIpc) is 2.35. The van der Waals surface area contributed by atoms with E-state index >= 15 is 0 Å². The van der Waals surface area contributed by atoms with Gasteiger partial charge in [-0.1, -0.05) is 15.9 Å². The topological polar surface area (TPSA) is 97.2 Å². The summed E-state index contributed by atoms with van der Waals surface area (Å²) < 4.78 is 0.811. The molecular formula is C10H7BrN4O3. The van der Waals surface area contributed by atoms with Crippen molar-refractivity contribution >= 4 is 44.6 Å². The van der Waals surface area contributed by atoms with E-state index in [9.17, 15) is 14.9 Å². The van der Waals surface area contributed by atoms with E-state index in [1.165, 1.54) is 0 Å². The molecule has 0 spiro atoms. The fraction of sp³-hybridized carbons (Fsp3) is 0. The third-order valence-electron chi connectivity index (χ3n) is 2.26. The van der Waals surface area contributed by atoms with E-state index in [2.05, 4.69) is 31.8 Å². The van der Waals surface area contributed by atoms with Crippen molar-refractivity contribution in [2.24, 2.45) is 0 Å². The molecule has 0 saturated carbocycles. The fourth-order valence-electron chi connectivity index (χ4n) is 1.53. The van der Waals surface area contributed by atoms with Crippen molar-refractivity contribution in [2.45, 2.75) is 0 Å². The second-order valence-corrected chi connectivity index (χ2v) is 4.24. The van der Waals surface area contributed by atoms with Crippen LogP contribution in [0, 0.1) is 10.1 Å². The molecule has 8 heteroatoms. The molecule has 1 aromatic heterocycles. The molecule has 2 N–H and O–H groups in total. The number of hydrogen-bond acceptors (Lipinski definition) is 5. The van der Waals surface area contributed by atoms with Crippen LogP contribution < -0.4 is 10.9 Å². The van der Waals surface area contributed by atoms with Gasteiger partial charge < -0.3 is 0 Å². The highest BCUT2D eigenvalue weighted by atomic mass is 79.9. The molecule has 0 unspecified atom stereocenters. The Kier molecular flexibility index (Phi) is 3.38. The Labute approximate surface area is 109 Å². The van der Waals surface area contributed by atoms with E-state index in [4.69, 9.17) is 0 Å². The summed E-state index contributed by atoms with van der Waals surface area (Å²) in [7, 11) is 0. The van der Waals surface area contributed by atoms with Gasteiger partial charge in [0.2, 0.25) is 6.41 Å². The highest BCUT2D eigenvalue weighted by Crippen LogP contribution is 2.32. The van der Waals surface area contributed by atoms with Crippen LogP contribution in [0.3, 0.4) is 0 Å². The van der Waals surface area contributed by atoms with E-state index in [0.29, 0.717) is 17.3 Å². The smallest absolute Gasteiger partial charge is 0.292 e. The minimum Gasteiger partial charge on any atom is -0.292 e. The van der Waals surface area contributed by atoms with Gasteiger partial charge in [0.1, 0.15) is 11.9 Å². The quantitative estimate of drug-likeness (QED) is 0.511. The van der Waals surface area contributed by atoms with Crippen molar-refractivity contribution < 1.29 is 9.72 Å². The lowest BCUT2D eigenvalue weighted by atomic mass is 10.2. The minimum absolute atomic E-state index is 0.199. The summed E-state index contributed by atoms with van der Waals surface area (Å²) in [4.78, 5) is 24.6. The van der Waals surface area contributed by atoms with Crippen LogP contribution in [0.5, 0.6) is 0 Å². The van der Waals surface area contributed by atoms with Gasteiger partial charge >= 0.3 is 5.69 Å². The summed E-state index contributed by atoms with van der Waals surface area (Å²) in [6, 6.07) is 5.14. The minimum atomic E-state index is -0.566. The Hall–Kier alpha value is -2.22. The van der Waals surface area contributed by atoms with Crippen LogP contribution in [0.2, 0.25) is 0 Å². The van der Waals surface area contributed by atoms with Gasteiger partial charge in [0.15, 0.2) is 0 Å². The molecule has 18 heavy (non-hydrogen) atoms. The number of hydrogen-bond donors (Lipinski definition) is 2. The molecule has 92 valence electrons. The molecule has 0 aliphatic rings. The van der Waals surface area contributed by atoms with Crippen LogP contribution in [0.1, 0.15) is 0 Å². The number of nitrogens with one attached hydrogen (secondary N) is 2. The van der Waals surface area contributed by atoms with E-state index in [1.807, 2.05) is 0 Å².